The van der Waals surface area contributed by atoms with Crippen molar-refractivity contribution in [2.24, 2.45) is 28.9 Å². The van der Waals surface area contributed by atoms with Gasteiger partial charge in [0, 0.05) is 0 Å². The van der Waals surface area contributed by atoms with Gasteiger partial charge in [-0.2, -0.15) is 0 Å². The fourth-order valence-electron chi connectivity index (χ4n) is 3.66. The van der Waals surface area contributed by atoms with Crippen LogP contribution in [0, 0.1) is 29.0 Å². The molecule has 0 saturated heterocycles. The first-order valence-electron chi connectivity index (χ1n) is 7.96. The minimum absolute atomic E-state index is 0.222. The maximum Gasteiger partial charge on any atom is 0.144 e. The lowest BCUT2D eigenvalue weighted by atomic mass is 9.64. The first-order valence-corrected chi connectivity index (χ1v) is 8.33. The molecule has 0 aromatic heterocycles. The molecule has 1 aromatic rings. The third-order valence-electron chi connectivity index (χ3n) is 5.18. The van der Waals surface area contributed by atoms with Crippen LogP contribution >= 0.6 is 11.6 Å². The van der Waals surface area contributed by atoms with Crippen LogP contribution in [0.1, 0.15) is 45.6 Å². The lowest BCUT2D eigenvalue weighted by Gasteiger charge is -2.41. The van der Waals surface area contributed by atoms with Gasteiger partial charge in [0.05, 0.1) is 5.02 Å². The molecule has 0 amide bonds. The molecule has 0 aliphatic heterocycles. The first-order chi connectivity index (χ1) is 9.82. The maximum atomic E-state index is 14.2. The number of hydrogen-bond acceptors (Lipinski definition) is 1. The fourth-order valence-corrected chi connectivity index (χ4v) is 3.86. The lowest BCUT2D eigenvalue weighted by Crippen LogP contribution is -2.36. The van der Waals surface area contributed by atoms with Gasteiger partial charge < -0.3 is 5.73 Å². The molecule has 0 bridgehead atoms. The molecule has 0 heterocycles. The standard InChI is InChI=1S/C18H27ClFN/c1-18(2,3)15-8-7-13(11-21)14(10-15)9-12-5-4-6-16(19)17(12)20/h4-6,13-15H,7-11,21H2,1-3H3. The van der Waals surface area contributed by atoms with Crippen molar-refractivity contribution < 1.29 is 4.39 Å². The van der Waals surface area contributed by atoms with Gasteiger partial charge in [-0.15, -0.1) is 0 Å². The second-order valence-corrected chi connectivity index (χ2v) is 7.96. The highest BCUT2D eigenvalue weighted by Crippen LogP contribution is 2.43. The molecule has 1 saturated carbocycles. The molecule has 2 N–H and O–H groups in total. The van der Waals surface area contributed by atoms with Crippen LogP contribution in [0.2, 0.25) is 5.02 Å². The Morgan fingerprint density at radius 1 is 1.24 bits per heavy atom. The lowest BCUT2D eigenvalue weighted by molar-refractivity contribution is 0.101. The largest absolute Gasteiger partial charge is 0.330 e. The van der Waals surface area contributed by atoms with Gasteiger partial charge in [0.1, 0.15) is 5.82 Å². The highest BCUT2D eigenvalue weighted by atomic mass is 35.5. The molecule has 1 aliphatic carbocycles. The third kappa shape index (κ3) is 3.98. The van der Waals surface area contributed by atoms with Crippen molar-refractivity contribution in [2.45, 2.75) is 46.5 Å². The summed E-state index contributed by atoms with van der Waals surface area (Å²) in [5.41, 5.74) is 7.00. The van der Waals surface area contributed by atoms with E-state index in [9.17, 15) is 4.39 Å². The molecular formula is C18H27ClFN. The van der Waals surface area contributed by atoms with Gasteiger partial charge in [-0.25, -0.2) is 4.39 Å². The molecule has 0 radical (unpaired) electrons. The predicted molar refractivity (Wildman–Crippen MR) is 87.9 cm³/mol. The highest BCUT2D eigenvalue weighted by Gasteiger charge is 2.35. The minimum atomic E-state index is -0.257. The molecule has 3 heteroatoms. The van der Waals surface area contributed by atoms with Crippen LogP contribution in [-0.2, 0) is 6.42 Å². The molecular weight excluding hydrogens is 285 g/mol. The molecule has 118 valence electrons. The SMILES string of the molecule is CC(C)(C)C1CCC(CN)C(Cc2cccc(Cl)c2F)C1. The van der Waals surface area contributed by atoms with E-state index in [4.69, 9.17) is 17.3 Å². The van der Waals surface area contributed by atoms with Crippen LogP contribution in [-0.4, -0.2) is 6.54 Å². The van der Waals surface area contributed by atoms with E-state index in [1.54, 1.807) is 6.07 Å². The quantitative estimate of drug-likeness (QED) is 0.829. The van der Waals surface area contributed by atoms with Gasteiger partial charge >= 0.3 is 0 Å². The summed E-state index contributed by atoms with van der Waals surface area (Å²) < 4.78 is 14.2. The van der Waals surface area contributed by atoms with Gasteiger partial charge in [0.25, 0.3) is 0 Å². The van der Waals surface area contributed by atoms with Gasteiger partial charge in [0.2, 0.25) is 0 Å². The Morgan fingerprint density at radius 3 is 2.57 bits per heavy atom. The number of nitrogens with two attached hydrogens (primary N) is 1. The van der Waals surface area contributed by atoms with Gasteiger partial charge in [0.15, 0.2) is 0 Å². The van der Waals surface area contributed by atoms with Gasteiger partial charge in [-0.3, -0.25) is 0 Å². The van der Waals surface area contributed by atoms with Crippen molar-refractivity contribution in [1.82, 2.24) is 0 Å². The molecule has 1 nitrogen and oxygen atoms in total. The molecule has 0 spiro atoms. The molecule has 1 aromatic carbocycles. The van der Waals surface area contributed by atoms with E-state index in [0.29, 0.717) is 29.7 Å². The monoisotopic (exact) mass is 311 g/mol. The second-order valence-electron chi connectivity index (χ2n) is 7.55. The van der Waals surface area contributed by atoms with Crippen LogP contribution in [0.3, 0.4) is 0 Å². The van der Waals surface area contributed by atoms with Crippen LogP contribution in [0.4, 0.5) is 4.39 Å². The van der Waals surface area contributed by atoms with Crippen molar-refractivity contribution >= 4 is 11.6 Å². The van der Waals surface area contributed by atoms with Crippen LogP contribution < -0.4 is 5.73 Å². The topological polar surface area (TPSA) is 26.0 Å². The normalized spacial score (nSPS) is 26.9. The summed E-state index contributed by atoms with van der Waals surface area (Å²) in [6, 6.07) is 5.30. The molecule has 3 unspecified atom stereocenters. The van der Waals surface area contributed by atoms with E-state index in [0.717, 1.165) is 24.8 Å². The smallest absolute Gasteiger partial charge is 0.144 e. The molecule has 21 heavy (non-hydrogen) atoms. The second kappa shape index (κ2) is 6.66. The highest BCUT2D eigenvalue weighted by molar-refractivity contribution is 6.30. The Kier molecular flexibility index (Phi) is 5.32. The molecule has 1 fully saturated rings. The minimum Gasteiger partial charge on any atom is -0.330 e. The van der Waals surface area contributed by atoms with Crippen molar-refractivity contribution in [3.05, 3.63) is 34.6 Å². The summed E-state index contributed by atoms with van der Waals surface area (Å²) in [5.74, 6) is 1.39. The zero-order valence-electron chi connectivity index (χ0n) is 13.3. The van der Waals surface area contributed by atoms with E-state index in [2.05, 4.69) is 20.8 Å². The van der Waals surface area contributed by atoms with E-state index in [1.165, 1.54) is 6.42 Å². The van der Waals surface area contributed by atoms with E-state index >= 15 is 0 Å². The van der Waals surface area contributed by atoms with Crippen molar-refractivity contribution in [3.8, 4) is 0 Å². The van der Waals surface area contributed by atoms with E-state index in [-0.39, 0.29) is 10.8 Å². The predicted octanol–water partition coefficient (Wildman–Crippen LogP) is 5.06. The first kappa shape index (κ1) is 16.8. The summed E-state index contributed by atoms with van der Waals surface area (Å²) in [7, 11) is 0. The maximum absolute atomic E-state index is 14.2. The fraction of sp³-hybridized carbons (Fsp3) is 0.667. The average molecular weight is 312 g/mol. The van der Waals surface area contributed by atoms with Crippen LogP contribution in [0.15, 0.2) is 18.2 Å². The zero-order chi connectivity index (χ0) is 15.6. The van der Waals surface area contributed by atoms with Gasteiger partial charge in [-0.05, 0) is 67.0 Å². The summed E-state index contributed by atoms with van der Waals surface area (Å²) in [4.78, 5) is 0. The summed E-state index contributed by atoms with van der Waals surface area (Å²) >= 11 is 5.90. The summed E-state index contributed by atoms with van der Waals surface area (Å²) in [5, 5.41) is 0.222. The van der Waals surface area contributed by atoms with Crippen LogP contribution in [0.25, 0.3) is 0 Å². The van der Waals surface area contributed by atoms with E-state index < -0.39 is 0 Å². The Morgan fingerprint density at radius 2 is 1.95 bits per heavy atom. The summed E-state index contributed by atoms with van der Waals surface area (Å²) in [6.45, 7) is 7.61. The van der Waals surface area contributed by atoms with Crippen LogP contribution in [0.5, 0.6) is 0 Å². The molecule has 2 rings (SSSR count). The zero-order valence-corrected chi connectivity index (χ0v) is 14.1. The van der Waals surface area contributed by atoms with E-state index in [1.807, 2.05) is 12.1 Å². The molecule has 3 atom stereocenters. The Balaban J connectivity index is 2.16. The Labute approximate surface area is 133 Å². The Hall–Kier alpha value is -0.600. The van der Waals surface area contributed by atoms with Crippen molar-refractivity contribution in [2.75, 3.05) is 6.54 Å². The third-order valence-corrected chi connectivity index (χ3v) is 5.47. The number of rotatable bonds is 3. The Bertz CT molecular complexity index is 481. The number of hydrogen-bond donors (Lipinski definition) is 1. The number of benzene rings is 1. The average Bonchev–Trinajstić information content (AvgIpc) is 2.43. The molecule has 1 aliphatic rings. The van der Waals surface area contributed by atoms with Gasteiger partial charge in [-0.1, -0.05) is 44.5 Å². The van der Waals surface area contributed by atoms with Crippen molar-refractivity contribution in [3.63, 3.8) is 0 Å². The van der Waals surface area contributed by atoms with Crippen molar-refractivity contribution in [1.29, 1.82) is 0 Å². The summed E-state index contributed by atoms with van der Waals surface area (Å²) in [6.07, 6.45) is 4.28. The number of halogens is 2.